The summed E-state index contributed by atoms with van der Waals surface area (Å²) in [6.45, 7) is 2.47. The van der Waals surface area contributed by atoms with Crippen molar-refractivity contribution in [2.24, 2.45) is 0 Å². The number of carbonyl (C=O) groups is 1. The number of rotatable bonds is 7. The van der Waals surface area contributed by atoms with Crippen molar-refractivity contribution in [3.8, 4) is 5.75 Å². The Hall–Kier alpha value is -3.55. The summed E-state index contributed by atoms with van der Waals surface area (Å²) >= 11 is 0. The molecule has 1 heterocycles. The lowest BCUT2D eigenvalue weighted by atomic mass is 10.1. The highest BCUT2D eigenvalue weighted by atomic mass is 16.6. The third-order valence-corrected chi connectivity index (χ3v) is 4.29. The molecule has 0 saturated heterocycles. The van der Waals surface area contributed by atoms with Crippen molar-refractivity contribution in [1.82, 2.24) is 9.78 Å². The van der Waals surface area contributed by atoms with E-state index in [2.05, 4.69) is 12.0 Å². The zero-order valence-electron chi connectivity index (χ0n) is 15.3. The number of hydrogen-bond donors (Lipinski definition) is 0. The molecule has 0 bridgehead atoms. The summed E-state index contributed by atoms with van der Waals surface area (Å²) in [6.07, 6.45) is 2.72. The normalized spacial score (nSPS) is 10.8. The molecule has 8 nitrogen and oxygen atoms in total. The van der Waals surface area contributed by atoms with Gasteiger partial charge in [-0.3, -0.25) is 14.9 Å². The SMILES string of the molecule is CCCCCn1nc(C(=O)Oc2ccc([N+](=O)[O-])cc2)c2ccccc2c1=O. The van der Waals surface area contributed by atoms with E-state index in [0.717, 1.165) is 19.3 Å². The number of unbranched alkanes of at least 4 members (excludes halogenated alkanes) is 2. The summed E-state index contributed by atoms with van der Waals surface area (Å²) in [4.78, 5) is 35.5. The maximum absolute atomic E-state index is 12.7. The summed E-state index contributed by atoms with van der Waals surface area (Å²) < 4.78 is 6.62. The number of aryl methyl sites for hydroxylation is 1. The molecule has 2 aromatic carbocycles. The number of nitrogens with zero attached hydrogens (tertiary/aromatic N) is 3. The van der Waals surface area contributed by atoms with Crippen LogP contribution in [0.5, 0.6) is 5.75 Å². The molecule has 0 unspecified atom stereocenters. The van der Waals surface area contributed by atoms with Gasteiger partial charge in [-0.2, -0.15) is 5.10 Å². The van der Waals surface area contributed by atoms with Gasteiger partial charge in [0.15, 0.2) is 5.69 Å². The van der Waals surface area contributed by atoms with E-state index in [0.29, 0.717) is 17.3 Å². The fraction of sp³-hybridized carbons (Fsp3) is 0.250. The Labute approximate surface area is 160 Å². The number of carbonyl (C=O) groups excluding carboxylic acids is 1. The highest BCUT2D eigenvalue weighted by Crippen LogP contribution is 2.20. The van der Waals surface area contributed by atoms with Gasteiger partial charge in [-0.15, -0.1) is 0 Å². The lowest BCUT2D eigenvalue weighted by molar-refractivity contribution is -0.384. The minimum absolute atomic E-state index is 0.0325. The molecule has 0 fully saturated rings. The average molecular weight is 381 g/mol. The van der Waals surface area contributed by atoms with E-state index in [9.17, 15) is 19.7 Å². The van der Waals surface area contributed by atoms with Crippen molar-refractivity contribution >= 4 is 22.4 Å². The third kappa shape index (κ3) is 4.06. The lowest BCUT2D eigenvalue weighted by Crippen LogP contribution is -2.27. The van der Waals surface area contributed by atoms with Crippen LogP contribution in [0.1, 0.15) is 36.7 Å². The quantitative estimate of drug-likeness (QED) is 0.203. The predicted molar refractivity (Wildman–Crippen MR) is 104 cm³/mol. The number of aromatic nitrogens is 2. The van der Waals surface area contributed by atoms with Crippen LogP contribution in [0, 0.1) is 10.1 Å². The molecule has 1 aromatic heterocycles. The van der Waals surface area contributed by atoms with Gasteiger partial charge >= 0.3 is 5.97 Å². The van der Waals surface area contributed by atoms with Gasteiger partial charge in [0.1, 0.15) is 5.75 Å². The first-order valence-corrected chi connectivity index (χ1v) is 8.97. The van der Waals surface area contributed by atoms with Gasteiger partial charge in [0.2, 0.25) is 0 Å². The first-order chi connectivity index (χ1) is 13.5. The minimum Gasteiger partial charge on any atom is -0.422 e. The number of nitro benzene ring substituents is 1. The van der Waals surface area contributed by atoms with Gasteiger partial charge in [-0.25, -0.2) is 9.48 Å². The zero-order chi connectivity index (χ0) is 20.1. The van der Waals surface area contributed by atoms with Crippen LogP contribution < -0.4 is 10.3 Å². The van der Waals surface area contributed by atoms with E-state index >= 15 is 0 Å². The fourth-order valence-electron chi connectivity index (χ4n) is 2.84. The summed E-state index contributed by atoms with van der Waals surface area (Å²) in [7, 11) is 0. The summed E-state index contributed by atoms with van der Waals surface area (Å²) in [6, 6.07) is 11.9. The maximum atomic E-state index is 12.7. The maximum Gasteiger partial charge on any atom is 0.364 e. The van der Waals surface area contributed by atoms with Crippen molar-refractivity contribution in [3.05, 3.63) is 74.7 Å². The van der Waals surface area contributed by atoms with Crippen LogP contribution in [0.15, 0.2) is 53.3 Å². The Balaban J connectivity index is 1.96. The second-order valence-electron chi connectivity index (χ2n) is 6.27. The van der Waals surface area contributed by atoms with Crippen molar-refractivity contribution < 1.29 is 14.5 Å². The summed E-state index contributed by atoms with van der Waals surface area (Å²) in [5, 5.41) is 15.8. The number of nitro groups is 1. The first-order valence-electron chi connectivity index (χ1n) is 8.97. The van der Waals surface area contributed by atoms with Crippen LogP contribution in [0.25, 0.3) is 10.8 Å². The number of hydrogen-bond acceptors (Lipinski definition) is 6. The molecule has 0 radical (unpaired) electrons. The Bertz CT molecular complexity index is 1070. The lowest BCUT2D eigenvalue weighted by Gasteiger charge is -2.10. The zero-order valence-corrected chi connectivity index (χ0v) is 15.3. The van der Waals surface area contributed by atoms with Crippen LogP contribution >= 0.6 is 0 Å². The van der Waals surface area contributed by atoms with Crippen LogP contribution in [0.3, 0.4) is 0 Å². The van der Waals surface area contributed by atoms with Crippen LogP contribution in [0.4, 0.5) is 5.69 Å². The molecule has 0 aliphatic rings. The number of fused-ring (bicyclic) bond motifs is 1. The van der Waals surface area contributed by atoms with E-state index in [1.165, 1.54) is 28.9 Å². The molecule has 144 valence electrons. The Morgan fingerprint density at radius 2 is 1.79 bits per heavy atom. The number of ether oxygens (including phenoxy) is 1. The molecule has 0 atom stereocenters. The third-order valence-electron chi connectivity index (χ3n) is 4.29. The van der Waals surface area contributed by atoms with Gasteiger partial charge < -0.3 is 4.74 Å². The molecule has 0 saturated carbocycles. The van der Waals surface area contributed by atoms with Gasteiger partial charge in [0, 0.05) is 24.1 Å². The Kier molecular flexibility index (Phi) is 5.78. The molecule has 8 heteroatoms. The van der Waals surface area contributed by atoms with Crippen LogP contribution in [-0.2, 0) is 6.54 Å². The standard InChI is InChI=1S/C20H19N3O5/c1-2-3-6-13-22-19(24)17-8-5-4-7-16(17)18(21-22)20(25)28-15-11-9-14(10-12-15)23(26)27/h4-5,7-12H,2-3,6,13H2,1H3. The number of non-ortho nitro benzene ring substituents is 1. The van der Waals surface area contributed by atoms with Crippen LogP contribution in [0.2, 0.25) is 0 Å². The van der Waals surface area contributed by atoms with E-state index in [1.54, 1.807) is 24.3 Å². The molecule has 0 N–H and O–H groups in total. The molecule has 28 heavy (non-hydrogen) atoms. The van der Waals surface area contributed by atoms with Crippen LogP contribution in [-0.4, -0.2) is 20.7 Å². The Morgan fingerprint density at radius 3 is 2.43 bits per heavy atom. The average Bonchev–Trinajstić information content (AvgIpc) is 2.70. The molecule has 0 aliphatic heterocycles. The van der Waals surface area contributed by atoms with Crippen molar-refractivity contribution in [2.75, 3.05) is 0 Å². The van der Waals surface area contributed by atoms with Crippen molar-refractivity contribution in [1.29, 1.82) is 0 Å². The molecular weight excluding hydrogens is 362 g/mol. The first kappa shape index (κ1) is 19.2. The number of benzene rings is 2. The second-order valence-corrected chi connectivity index (χ2v) is 6.27. The smallest absolute Gasteiger partial charge is 0.364 e. The van der Waals surface area contributed by atoms with E-state index in [4.69, 9.17) is 4.74 Å². The van der Waals surface area contributed by atoms with Gasteiger partial charge in [0.25, 0.3) is 11.2 Å². The molecule has 3 rings (SSSR count). The van der Waals surface area contributed by atoms with E-state index in [-0.39, 0.29) is 22.7 Å². The molecular formula is C20H19N3O5. The van der Waals surface area contributed by atoms with E-state index < -0.39 is 10.9 Å². The summed E-state index contributed by atoms with van der Waals surface area (Å²) in [5.41, 5.74) is -0.323. The number of esters is 1. The topological polar surface area (TPSA) is 104 Å². The highest BCUT2D eigenvalue weighted by Gasteiger charge is 2.19. The van der Waals surface area contributed by atoms with Crippen molar-refractivity contribution in [2.45, 2.75) is 32.7 Å². The Morgan fingerprint density at radius 1 is 1.11 bits per heavy atom. The molecule has 0 amide bonds. The molecule has 3 aromatic rings. The van der Waals surface area contributed by atoms with Gasteiger partial charge in [-0.05, 0) is 24.6 Å². The minimum atomic E-state index is -0.728. The highest BCUT2D eigenvalue weighted by molar-refractivity contribution is 6.02. The second kappa shape index (κ2) is 8.43. The summed E-state index contributed by atoms with van der Waals surface area (Å²) in [5.74, 6) is -0.570. The fourth-order valence-corrected chi connectivity index (χ4v) is 2.84. The van der Waals surface area contributed by atoms with Gasteiger partial charge in [0.05, 0.1) is 10.3 Å². The monoisotopic (exact) mass is 381 g/mol. The molecule has 0 spiro atoms. The van der Waals surface area contributed by atoms with E-state index in [1.807, 2.05) is 0 Å². The molecule has 0 aliphatic carbocycles. The predicted octanol–water partition coefficient (Wildman–Crippen LogP) is 3.71. The van der Waals surface area contributed by atoms with Gasteiger partial charge in [-0.1, -0.05) is 38.0 Å². The van der Waals surface area contributed by atoms with Crippen molar-refractivity contribution in [3.63, 3.8) is 0 Å². The largest absolute Gasteiger partial charge is 0.422 e.